The summed E-state index contributed by atoms with van der Waals surface area (Å²) in [6.07, 6.45) is 8.47. The zero-order valence-electron chi connectivity index (χ0n) is 36.8. The van der Waals surface area contributed by atoms with Crippen LogP contribution in [0.4, 0.5) is 19.7 Å². The molecule has 6 rings (SSSR count). The Morgan fingerprint density at radius 2 is 1.74 bits per heavy atom. The SMILES string of the molecule is C=CCCOC(=O)N(Cc1ccc(F)cc1)[C@H]1CC(=NOCc2ccc([N+](=O)[O-])cc2)C2=C[C@H](CCCCO)[C@@H](CCCCO)[C@@H]3c4cc(OC(=O)NCC)ccc4O[C@@]1(OCC=C)[C@H]23. The molecule has 1 heterocycles. The molecule has 0 aromatic heterocycles. The van der Waals surface area contributed by atoms with Crippen molar-refractivity contribution in [1.29, 1.82) is 0 Å². The molecule has 1 aliphatic heterocycles. The molecule has 0 spiro atoms. The third-order valence-electron chi connectivity index (χ3n) is 12.2. The van der Waals surface area contributed by atoms with Crippen LogP contribution in [-0.4, -0.2) is 82.7 Å². The number of aliphatic hydroxyl groups is 2. The van der Waals surface area contributed by atoms with Gasteiger partial charge >= 0.3 is 12.2 Å². The second kappa shape index (κ2) is 23.2. The number of nitro benzene ring substituents is 1. The minimum Gasteiger partial charge on any atom is -0.459 e. The van der Waals surface area contributed by atoms with Gasteiger partial charge in [-0.15, -0.1) is 13.2 Å². The number of ether oxygens (including phenoxy) is 4. The summed E-state index contributed by atoms with van der Waals surface area (Å²) in [5.41, 5.74) is 3.17. The summed E-state index contributed by atoms with van der Waals surface area (Å²) in [6, 6.07) is 16.0. The number of oxime groups is 1. The van der Waals surface area contributed by atoms with E-state index in [9.17, 15) is 34.3 Å². The van der Waals surface area contributed by atoms with Gasteiger partial charge in [0, 0.05) is 56.3 Å². The lowest BCUT2D eigenvalue weighted by Gasteiger charge is -2.59. The van der Waals surface area contributed by atoms with E-state index in [0.29, 0.717) is 74.1 Å². The van der Waals surface area contributed by atoms with Gasteiger partial charge in [0.1, 0.15) is 30.0 Å². The monoisotopic (exact) mass is 898 g/mol. The van der Waals surface area contributed by atoms with Crippen LogP contribution in [0.3, 0.4) is 0 Å². The van der Waals surface area contributed by atoms with Crippen LogP contribution in [0.25, 0.3) is 0 Å². The highest BCUT2D eigenvalue weighted by Crippen LogP contribution is 2.62. The van der Waals surface area contributed by atoms with Crippen LogP contribution in [0.2, 0.25) is 0 Å². The Kier molecular flexibility index (Phi) is 17.3. The second-order valence-electron chi connectivity index (χ2n) is 16.3. The summed E-state index contributed by atoms with van der Waals surface area (Å²) in [4.78, 5) is 45.9. The molecule has 0 bridgehead atoms. The number of nitro groups is 1. The Labute approximate surface area is 378 Å². The first-order chi connectivity index (χ1) is 31.6. The van der Waals surface area contributed by atoms with Gasteiger partial charge in [0.2, 0.25) is 5.79 Å². The van der Waals surface area contributed by atoms with Crippen molar-refractivity contribution in [3.05, 3.63) is 136 Å². The molecule has 6 atom stereocenters. The standard InChI is InChI=1S/C49H59FN4O11/c1-4-7-27-61-48(58)53(31-33-14-18-36(50)19-15-33)44-30-42(52-63-32-34-16-20-37(21-17-34)54(59)60)40-28-35(12-8-10-24-55)39(13-9-11-25-56)45-41-29-38(64-47(57)51-6-3)22-23-43(41)65-49(44,46(40)45)62-26-5-2/h4-5,14-23,28-29,35,39,44-46,55-56H,1-2,6-13,24-27,30-32H2,3H3,(H,51,57)/t35-,39+,44-,45+,46+,49+/m0/s1. The minimum atomic E-state index is -1.64. The predicted molar refractivity (Wildman–Crippen MR) is 241 cm³/mol. The molecule has 2 aliphatic carbocycles. The summed E-state index contributed by atoms with van der Waals surface area (Å²) in [7, 11) is 0. The van der Waals surface area contributed by atoms with Crippen LogP contribution in [0.5, 0.6) is 11.5 Å². The fourth-order valence-electron chi connectivity index (χ4n) is 9.30. The first kappa shape index (κ1) is 48.4. The molecule has 65 heavy (non-hydrogen) atoms. The number of carbonyl (C=O) groups excluding carboxylic acids is 2. The van der Waals surface area contributed by atoms with Crippen LogP contribution >= 0.6 is 0 Å². The van der Waals surface area contributed by atoms with Crippen LogP contribution < -0.4 is 14.8 Å². The third kappa shape index (κ3) is 11.6. The minimum absolute atomic E-state index is 0.00494. The number of nitrogens with one attached hydrogen (secondary N) is 1. The number of unbranched alkanes of at least 4 members (excludes halogenated alkanes) is 2. The molecule has 1 fully saturated rings. The molecule has 3 N–H and O–H groups in total. The number of nitrogens with zero attached hydrogens (tertiary/aromatic N) is 3. The number of allylic oxidation sites excluding steroid dienone is 1. The fourth-order valence-corrected chi connectivity index (χ4v) is 9.30. The molecule has 16 heteroatoms. The summed E-state index contributed by atoms with van der Waals surface area (Å²) in [5, 5.41) is 38.7. The number of halogens is 1. The molecule has 2 amide bonds. The Bertz CT molecular complexity index is 2180. The predicted octanol–water partition coefficient (Wildman–Crippen LogP) is 8.89. The molecule has 0 unspecified atom stereocenters. The molecule has 1 saturated carbocycles. The van der Waals surface area contributed by atoms with Crippen molar-refractivity contribution in [3.63, 3.8) is 0 Å². The van der Waals surface area contributed by atoms with Crippen molar-refractivity contribution in [2.24, 2.45) is 22.9 Å². The number of carbonyl (C=O) groups is 2. The Morgan fingerprint density at radius 1 is 1.02 bits per heavy atom. The number of fused-ring (bicyclic) bond motifs is 2. The van der Waals surface area contributed by atoms with E-state index >= 15 is 0 Å². The summed E-state index contributed by atoms with van der Waals surface area (Å²) >= 11 is 0. The molecule has 3 aliphatic rings. The Balaban J connectivity index is 1.59. The quantitative estimate of drug-likeness (QED) is 0.0357. The summed E-state index contributed by atoms with van der Waals surface area (Å²) < 4.78 is 40.2. The average Bonchev–Trinajstić information content (AvgIpc) is 3.30. The lowest BCUT2D eigenvalue weighted by atomic mass is 9.55. The Hall–Kier alpha value is -6.10. The van der Waals surface area contributed by atoms with E-state index in [-0.39, 0.29) is 69.3 Å². The average molecular weight is 899 g/mol. The first-order valence-electron chi connectivity index (χ1n) is 22.2. The van der Waals surface area contributed by atoms with Crippen LogP contribution in [0.1, 0.15) is 80.9 Å². The van der Waals surface area contributed by atoms with Crippen LogP contribution in [0.15, 0.2) is 109 Å². The molecular formula is C49H59FN4O11. The molecule has 15 nitrogen and oxygen atoms in total. The van der Waals surface area contributed by atoms with E-state index in [1.54, 1.807) is 55.5 Å². The third-order valence-corrected chi connectivity index (χ3v) is 12.2. The topological polar surface area (TPSA) is 192 Å². The summed E-state index contributed by atoms with van der Waals surface area (Å²) in [5.74, 6) is -2.66. The van der Waals surface area contributed by atoms with Gasteiger partial charge < -0.3 is 39.3 Å². The normalized spacial score (nSPS) is 22.3. The highest BCUT2D eigenvalue weighted by molar-refractivity contribution is 6.03. The second-order valence-corrected chi connectivity index (χ2v) is 16.3. The van der Waals surface area contributed by atoms with Crippen molar-refractivity contribution in [3.8, 4) is 11.5 Å². The summed E-state index contributed by atoms with van der Waals surface area (Å²) in [6.45, 7) is 9.90. The van der Waals surface area contributed by atoms with Crippen molar-refractivity contribution in [2.45, 2.75) is 89.2 Å². The zero-order valence-corrected chi connectivity index (χ0v) is 36.8. The van der Waals surface area contributed by atoms with E-state index in [1.807, 2.05) is 6.07 Å². The lowest BCUT2D eigenvalue weighted by Crippen LogP contribution is -2.70. The largest absolute Gasteiger partial charge is 0.459 e. The molecule has 3 aromatic carbocycles. The number of hydrogen-bond acceptors (Lipinski definition) is 12. The highest BCUT2D eigenvalue weighted by Gasteiger charge is 2.65. The van der Waals surface area contributed by atoms with Crippen molar-refractivity contribution in [2.75, 3.05) is 33.0 Å². The maximum absolute atomic E-state index is 14.6. The van der Waals surface area contributed by atoms with Gasteiger partial charge in [-0.25, -0.2) is 14.0 Å². The van der Waals surface area contributed by atoms with E-state index in [2.05, 4.69) is 24.6 Å². The van der Waals surface area contributed by atoms with E-state index < -0.39 is 46.6 Å². The van der Waals surface area contributed by atoms with E-state index in [4.69, 9.17) is 28.9 Å². The number of non-ortho nitro benzene ring substituents is 1. The zero-order chi connectivity index (χ0) is 46.3. The van der Waals surface area contributed by atoms with Crippen LogP contribution in [-0.2, 0) is 27.5 Å². The van der Waals surface area contributed by atoms with Gasteiger partial charge in [-0.1, -0.05) is 48.4 Å². The van der Waals surface area contributed by atoms with Gasteiger partial charge in [-0.05, 0) is 110 Å². The highest BCUT2D eigenvalue weighted by atomic mass is 19.1. The smallest absolute Gasteiger partial charge is 0.412 e. The van der Waals surface area contributed by atoms with Crippen molar-refractivity contribution >= 4 is 23.6 Å². The van der Waals surface area contributed by atoms with Gasteiger partial charge in [0.05, 0.1) is 29.8 Å². The van der Waals surface area contributed by atoms with Crippen LogP contribution in [0, 0.1) is 33.7 Å². The molecule has 0 radical (unpaired) electrons. The van der Waals surface area contributed by atoms with E-state index in [0.717, 1.165) is 11.1 Å². The number of amides is 2. The number of rotatable bonds is 23. The van der Waals surface area contributed by atoms with Crippen molar-refractivity contribution < 1.29 is 52.9 Å². The van der Waals surface area contributed by atoms with Gasteiger partial charge in [-0.2, -0.15) is 0 Å². The first-order valence-corrected chi connectivity index (χ1v) is 22.2. The van der Waals surface area contributed by atoms with Gasteiger partial charge in [-0.3, -0.25) is 15.0 Å². The molecule has 348 valence electrons. The molecule has 0 saturated heterocycles. The van der Waals surface area contributed by atoms with Gasteiger partial charge in [0.25, 0.3) is 5.69 Å². The van der Waals surface area contributed by atoms with Crippen molar-refractivity contribution in [1.82, 2.24) is 10.2 Å². The number of benzene rings is 3. The number of hydrogen-bond donors (Lipinski definition) is 3. The van der Waals surface area contributed by atoms with Gasteiger partial charge in [0.15, 0.2) is 0 Å². The number of aliphatic hydroxyl groups excluding tert-OH is 2. The fraction of sp³-hybridized carbons (Fsp3) is 0.449. The molecular weight excluding hydrogens is 840 g/mol. The van der Waals surface area contributed by atoms with E-state index in [1.165, 1.54) is 29.2 Å². The molecule has 3 aromatic rings. The maximum Gasteiger partial charge on any atom is 0.412 e. The lowest BCUT2D eigenvalue weighted by molar-refractivity contribution is -0.384. The Morgan fingerprint density at radius 3 is 2.42 bits per heavy atom. The maximum atomic E-state index is 14.6.